The van der Waals surface area contributed by atoms with Crippen molar-refractivity contribution in [1.29, 1.82) is 0 Å². The van der Waals surface area contributed by atoms with Gasteiger partial charge in [-0.05, 0) is 32.9 Å². The molecular weight excluding hydrogens is 439 g/mol. The third-order valence-electron chi connectivity index (χ3n) is 5.21. The van der Waals surface area contributed by atoms with Crippen LogP contribution < -0.4 is 16.0 Å². The van der Waals surface area contributed by atoms with Gasteiger partial charge in [0.25, 0.3) is 5.91 Å². The predicted octanol–water partition coefficient (Wildman–Crippen LogP) is 0.311. The molecule has 0 saturated carbocycles. The molecule has 11 heteroatoms. The number of aliphatic hydroxyl groups is 1. The number of carbonyl (C=O) groups is 3. The van der Waals surface area contributed by atoms with Gasteiger partial charge in [-0.3, -0.25) is 19.7 Å². The fourth-order valence-electron chi connectivity index (χ4n) is 3.41. The Morgan fingerprint density at radius 2 is 1.94 bits per heavy atom. The highest BCUT2D eigenvalue weighted by Gasteiger charge is 2.33. The molecule has 2 amide bonds. The Morgan fingerprint density at radius 1 is 1.21 bits per heavy atom. The van der Waals surface area contributed by atoms with E-state index in [-0.39, 0.29) is 24.8 Å². The van der Waals surface area contributed by atoms with Crippen molar-refractivity contribution in [3.8, 4) is 11.3 Å². The van der Waals surface area contributed by atoms with Crippen molar-refractivity contribution in [2.45, 2.75) is 45.0 Å². The minimum atomic E-state index is -1.25. The molecule has 1 fully saturated rings. The second-order valence-electron chi connectivity index (χ2n) is 8.20. The molecule has 3 rings (SSSR count). The first-order valence-electron chi connectivity index (χ1n) is 11.1. The number of aliphatic hydroxyl groups excluding tert-OH is 1. The first-order valence-corrected chi connectivity index (χ1v) is 11.1. The second-order valence-corrected chi connectivity index (χ2v) is 8.20. The van der Waals surface area contributed by atoms with E-state index in [1.165, 1.54) is 13.0 Å². The smallest absolute Gasteiger partial charge is 0.507 e. The van der Waals surface area contributed by atoms with Crippen molar-refractivity contribution in [3.05, 3.63) is 54.2 Å². The quantitative estimate of drug-likeness (QED) is 0.426. The van der Waals surface area contributed by atoms with E-state index >= 15 is 0 Å². The lowest BCUT2D eigenvalue weighted by Gasteiger charge is -2.27. The number of nitrogens with one attached hydrogen (secondary N) is 3. The Kier molecular flexibility index (Phi) is 8.75. The molecule has 34 heavy (non-hydrogen) atoms. The molecule has 1 aromatic heterocycles. The van der Waals surface area contributed by atoms with Gasteiger partial charge in [-0.2, -0.15) is 0 Å². The van der Waals surface area contributed by atoms with Crippen LogP contribution in [0.15, 0.2) is 48.5 Å². The van der Waals surface area contributed by atoms with Crippen molar-refractivity contribution in [2.75, 3.05) is 13.1 Å². The zero-order valence-electron chi connectivity index (χ0n) is 19.4. The first kappa shape index (κ1) is 25.3. The monoisotopic (exact) mass is 468 g/mol. The summed E-state index contributed by atoms with van der Waals surface area (Å²) < 4.78 is 10.8. The Labute approximate surface area is 198 Å². The van der Waals surface area contributed by atoms with Crippen LogP contribution in [0.2, 0.25) is 0 Å². The molecule has 1 aliphatic heterocycles. The molecular formula is C23H29BN4O6. The van der Waals surface area contributed by atoms with Crippen LogP contribution in [0.4, 0.5) is 0 Å². The summed E-state index contributed by atoms with van der Waals surface area (Å²) in [6.45, 7) is 5.21. The maximum atomic E-state index is 12.8. The maximum absolute atomic E-state index is 12.8. The minimum Gasteiger partial charge on any atom is -0.507 e. The number of carbonyl (C=O) groups excluding carboxylic acids is 3. The molecule has 4 N–H and O–H groups in total. The summed E-state index contributed by atoms with van der Waals surface area (Å²) in [5, 5.41) is 18.2. The number of hydrogen-bond donors (Lipinski definition) is 4. The zero-order chi connectivity index (χ0) is 24.7. The lowest BCUT2D eigenvalue weighted by Crippen LogP contribution is -2.56. The number of aromatic nitrogens is 1. The predicted molar refractivity (Wildman–Crippen MR) is 125 cm³/mol. The summed E-state index contributed by atoms with van der Waals surface area (Å²) in [5.41, 5.74) is 1.55. The summed E-state index contributed by atoms with van der Waals surface area (Å²) in [4.78, 5) is 41.9. The molecule has 10 nitrogen and oxygen atoms in total. The Bertz CT molecular complexity index is 1010. The number of rotatable bonds is 7. The van der Waals surface area contributed by atoms with Crippen LogP contribution in [0.1, 0.15) is 31.3 Å². The van der Waals surface area contributed by atoms with E-state index in [4.69, 9.17) is 9.31 Å². The normalized spacial score (nSPS) is 20.4. The van der Waals surface area contributed by atoms with Crippen LogP contribution in [-0.4, -0.2) is 72.3 Å². The highest BCUT2D eigenvalue weighted by Crippen LogP contribution is 2.16. The van der Waals surface area contributed by atoms with Crippen molar-refractivity contribution >= 4 is 24.9 Å². The molecule has 0 radical (unpaired) electrons. The molecule has 0 bridgehead atoms. The SMILES string of the molecule is C[C@@H]1N[C@@H](C)COB(CNC(=O)C(NC(=O)c2cccc(-c3ccccc3)n2)[C@@H](C)O)OC1=O. The lowest BCUT2D eigenvalue weighted by molar-refractivity contribution is -0.139. The van der Waals surface area contributed by atoms with Crippen molar-refractivity contribution in [1.82, 2.24) is 20.9 Å². The van der Waals surface area contributed by atoms with Gasteiger partial charge >= 0.3 is 13.1 Å². The van der Waals surface area contributed by atoms with Crippen LogP contribution in [-0.2, 0) is 18.9 Å². The van der Waals surface area contributed by atoms with Gasteiger partial charge in [0.2, 0.25) is 5.91 Å². The zero-order valence-corrected chi connectivity index (χ0v) is 19.4. The van der Waals surface area contributed by atoms with E-state index in [0.29, 0.717) is 5.69 Å². The summed E-state index contributed by atoms with van der Waals surface area (Å²) in [7, 11) is -0.988. The number of benzene rings is 1. The van der Waals surface area contributed by atoms with Crippen molar-refractivity contribution in [3.63, 3.8) is 0 Å². The molecule has 1 aliphatic rings. The molecule has 180 valence electrons. The topological polar surface area (TPSA) is 139 Å². The van der Waals surface area contributed by atoms with Crippen LogP contribution >= 0.6 is 0 Å². The summed E-state index contributed by atoms with van der Waals surface area (Å²) in [6.07, 6.45) is -1.32. The standard InChI is InChI=1S/C23H29BN4O6/c1-14-12-33-24(34-23(32)15(2)26-14)13-25-22(31)20(16(3)29)28-21(30)19-11-7-10-18(27-19)17-8-5-4-6-9-17/h4-11,14-16,20,26,29H,12-13H2,1-3H3,(H,25,31)(H,28,30)/t14-,15-,16+,20?/m0/s1. The highest BCUT2D eigenvalue weighted by molar-refractivity contribution is 6.47. The third kappa shape index (κ3) is 6.86. The summed E-state index contributed by atoms with van der Waals surface area (Å²) in [6, 6.07) is 12.5. The molecule has 0 aliphatic carbocycles. The van der Waals surface area contributed by atoms with Crippen LogP contribution in [0.3, 0.4) is 0 Å². The van der Waals surface area contributed by atoms with Crippen LogP contribution in [0, 0.1) is 0 Å². The number of pyridine rings is 1. The van der Waals surface area contributed by atoms with E-state index in [1.54, 1.807) is 19.1 Å². The van der Waals surface area contributed by atoms with Gasteiger partial charge in [0.1, 0.15) is 17.8 Å². The Morgan fingerprint density at radius 3 is 2.65 bits per heavy atom. The third-order valence-corrected chi connectivity index (χ3v) is 5.21. The molecule has 2 aromatic rings. The van der Waals surface area contributed by atoms with Crippen molar-refractivity contribution < 1.29 is 28.8 Å². The fraction of sp³-hybridized carbons (Fsp3) is 0.391. The lowest BCUT2D eigenvalue weighted by atomic mass is 9.89. The number of nitrogens with zero attached hydrogens (tertiary/aromatic N) is 1. The molecule has 0 spiro atoms. The highest BCUT2D eigenvalue weighted by atomic mass is 16.6. The van der Waals surface area contributed by atoms with Gasteiger partial charge in [0, 0.05) is 18.2 Å². The number of hydrogen-bond acceptors (Lipinski definition) is 8. The molecule has 2 heterocycles. The molecule has 1 unspecified atom stereocenters. The largest absolute Gasteiger partial charge is 0.547 e. The fourth-order valence-corrected chi connectivity index (χ4v) is 3.41. The van der Waals surface area contributed by atoms with Crippen LogP contribution in [0.25, 0.3) is 11.3 Å². The summed E-state index contributed by atoms with van der Waals surface area (Å²) in [5.74, 6) is -1.76. The van der Waals surface area contributed by atoms with Gasteiger partial charge in [-0.1, -0.05) is 36.4 Å². The average Bonchev–Trinajstić information content (AvgIpc) is 2.83. The van der Waals surface area contributed by atoms with Gasteiger partial charge in [-0.15, -0.1) is 0 Å². The minimum absolute atomic E-state index is 0.0790. The first-order chi connectivity index (χ1) is 16.2. The van der Waals surface area contributed by atoms with E-state index < -0.39 is 43.1 Å². The van der Waals surface area contributed by atoms with E-state index in [0.717, 1.165) is 5.56 Å². The number of amides is 2. The van der Waals surface area contributed by atoms with Crippen molar-refractivity contribution in [2.24, 2.45) is 0 Å². The Hall–Kier alpha value is -3.28. The second kappa shape index (κ2) is 11.7. The average molecular weight is 468 g/mol. The van der Waals surface area contributed by atoms with Gasteiger partial charge in [0.15, 0.2) is 0 Å². The summed E-state index contributed by atoms with van der Waals surface area (Å²) >= 11 is 0. The molecule has 1 aromatic carbocycles. The molecule has 1 saturated heterocycles. The molecule has 4 atom stereocenters. The Balaban J connectivity index is 1.63. The maximum Gasteiger partial charge on any atom is 0.547 e. The van der Waals surface area contributed by atoms with Crippen LogP contribution in [0.5, 0.6) is 0 Å². The van der Waals surface area contributed by atoms with Gasteiger partial charge < -0.3 is 25.0 Å². The van der Waals surface area contributed by atoms with Gasteiger partial charge in [0.05, 0.1) is 18.2 Å². The van der Waals surface area contributed by atoms with Gasteiger partial charge in [-0.25, -0.2) is 4.98 Å². The van der Waals surface area contributed by atoms with E-state index in [1.807, 2.05) is 37.3 Å². The van der Waals surface area contributed by atoms with E-state index in [2.05, 4.69) is 20.9 Å². The van der Waals surface area contributed by atoms with E-state index in [9.17, 15) is 19.5 Å².